The van der Waals surface area contributed by atoms with Crippen molar-refractivity contribution in [3.8, 4) is 0 Å². The number of nitrogens with two attached hydrogens (primary N) is 1. The van der Waals surface area contributed by atoms with E-state index in [0.717, 1.165) is 54.7 Å². The number of anilines is 2. The van der Waals surface area contributed by atoms with E-state index in [-0.39, 0.29) is 24.0 Å². The van der Waals surface area contributed by atoms with Crippen LogP contribution in [0.2, 0.25) is 5.02 Å². The normalized spacial score (nSPS) is 24.5. The number of aryl methyl sites for hydroxylation is 1. The first-order valence-electron chi connectivity index (χ1n) is 17.7. The molecule has 0 saturated carbocycles. The Hall–Kier alpha value is -3.54. The molecule has 5 aliphatic heterocycles. The number of para-hydroxylation sites is 1. The van der Waals surface area contributed by atoms with Crippen LogP contribution in [0.3, 0.4) is 0 Å². The monoisotopic (exact) mass is 676 g/mol. The van der Waals surface area contributed by atoms with Crippen LogP contribution >= 0.6 is 11.6 Å². The lowest BCUT2D eigenvalue weighted by Gasteiger charge is -2.43. The first-order valence-corrected chi connectivity index (χ1v) is 18.1. The van der Waals surface area contributed by atoms with E-state index in [1.165, 1.54) is 6.42 Å². The fourth-order valence-electron chi connectivity index (χ4n) is 8.70. The smallest absolute Gasteiger partial charge is 0.322 e. The standard InChI is InChI=1S/C36H49ClN8O3/c1-3-24-16-23(17-30(37)33(24)38)18-32(34(46)42-12-8-26(9-13-42)44-22-28-19-29(44)21-41(28)2)40-35(47)43-14-10-27(11-15-43)45-20-25-6-4-5-7-31(25)39-36(45)48/h4-7,16-17,26-29,32H,3,8-15,18-22,38H2,1-2H3,(H,39,48)(H,40,47)/t28?,29?,32-/m1/s1. The number of piperazine rings is 1. The molecule has 4 N–H and O–H groups in total. The largest absolute Gasteiger partial charge is 0.397 e. The molecule has 48 heavy (non-hydrogen) atoms. The van der Waals surface area contributed by atoms with Gasteiger partial charge < -0.3 is 36.0 Å². The highest BCUT2D eigenvalue weighted by Crippen LogP contribution is 2.34. The van der Waals surface area contributed by atoms with Crippen LogP contribution in [0.1, 0.15) is 55.7 Å². The number of likely N-dealkylation sites (N-methyl/N-ethyl adjacent to an activating group) is 1. The molecule has 12 heteroatoms. The number of hydrogen-bond donors (Lipinski definition) is 3. The van der Waals surface area contributed by atoms with Gasteiger partial charge in [-0.25, -0.2) is 9.59 Å². The summed E-state index contributed by atoms with van der Waals surface area (Å²) in [6.07, 6.45) is 5.58. The van der Waals surface area contributed by atoms with Crippen molar-refractivity contribution < 1.29 is 14.4 Å². The van der Waals surface area contributed by atoms with Gasteiger partial charge in [0.2, 0.25) is 5.91 Å². The van der Waals surface area contributed by atoms with Crippen molar-refractivity contribution in [3.05, 3.63) is 58.1 Å². The number of nitrogens with zero attached hydrogens (tertiary/aromatic N) is 5. The number of carbonyl (C=O) groups is 3. The molecule has 0 radical (unpaired) electrons. The number of piperidine rings is 2. The highest BCUT2D eigenvalue weighted by atomic mass is 35.5. The molecule has 5 aliphatic rings. The predicted octanol–water partition coefficient (Wildman–Crippen LogP) is 4.00. The molecular formula is C36H49ClN8O3. The zero-order valence-electron chi connectivity index (χ0n) is 28.2. The molecule has 11 nitrogen and oxygen atoms in total. The summed E-state index contributed by atoms with van der Waals surface area (Å²) in [5.74, 6) is -0.0472. The lowest BCUT2D eigenvalue weighted by atomic mass is 9.98. The van der Waals surface area contributed by atoms with Gasteiger partial charge in [-0.05, 0) is 74.4 Å². The van der Waals surface area contributed by atoms with Gasteiger partial charge in [0.1, 0.15) is 6.04 Å². The lowest BCUT2D eigenvalue weighted by Crippen LogP contribution is -2.58. The topological polar surface area (TPSA) is 117 Å². The number of nitrogen functional groups attached to an aromatic ring is 1. The Balaban J connectivity index is 1.000. The van der Waals surface area contributed by atoms with Crippen molar-refractivity contribution in [1.82, 2.24) is 29.8 Å². The van der Waals surface area contributed by atoms with Crippen molar-refractivity contribution in [2.24, 2.45) is 0 Å². The fourth-order valence-corrected chi connectivity index (χ4v) is 8.97. The Morgan fingerprint density at radius 1 is 0.979 bits per heavy atom. The molecule has 0 spiro atoms. The van der Waals surface area contributed by atoms with E-state index in [0.29, 0.717) is 80.8 Å². The quantitative estimate of drug-likeness (QED) is 0.382. The SMILES string of the molecule is CCc1cc(C[C@@H](NC(=O)N2CCC(N3Cc4ccccc4NC3=O)CC2)C(=O)N2CCC(N3CC4CC3CN4C)CC2)cc(Cl)c1N. The number of amides is 5. The number of carbonyl (C=O) groups excluding carboxylic acids is 3. The molecule has 2 unspecified atom stereocenters. The van der Waals surface area contributed by atoms with E-state index in [1.54, 1.807) is 4.90 Å². The highest BCUT2D eigenvalue weighted by molar-refractivity contribution is 6.33. The number of likely N-dealkylation sites (tertiary alicyclic amines) is 4. The van der Waals surface area contributed by atoms with Crippen LogP contribution in [-0.4, -0.2) is 119 Å². The number of halogens is 1. The van der Waals surface area contributed by atoms with Gasteiger partial charge >= 0.3 is 12.1 Å². The highest BCUT2D eigenvalue weighted by Gasteiger charge is 2.45. The minimum Gasteiger partial charge on any atom is -0.397 e. The maximum atomic E-state index is 14.2. The molecule has 258 valence electrons. The summed E-state index contributed by atoms with van der Waals surface area (Å²) in [6, 6.07) is 12.5. The van der Waals surface area contributed by atoms with Crippen molar-refractivity contribution in [1.29, 1.82) is 0 Å². The second-order valence-electron chi connectivity index (χ2n) is 14.4. The van der Waals surface area contributed by atoms with Crippen LogP contribution < -0.4 is 16.4 Å². The Kier molecular flexibility index (Phi) is 9.45. The Bertz CT molecular complexity index is 1540. The van der Waals surface area contributed by atoms with E-state index >= 15 is 0 Å². The predicted molar refractivity (Wildman–Crippen MR) is 188 cm³/mol. The van der Waals surface area contributed by atoms with E-state index < -0.39 is 6.04 Å². The molecule has 3 atom stereocenters. The zero-order valence-corrected chi connectivity index (χ0v) is 28.9. The zero-order chi connectivity index (χ0) is 33.5. The van der Waals surface area contributed by atoms with Crippen LogP contribution in [-0.2, 0) is 24.2 Å². The first kappa shape index (κ1) is 33.0. The minimum absolute atomic E-state index is 0.0386. The molecule has 4 fully saturated rings. The Morgan fingerprint density at radius 3 is 2.38 bits per heavy atom. The number of benzene rings is 2. The van der Waals surface area contributed by atoms with E-state index in [2.05, 4.69) is 27.5 Å². The molecule has 2 aromatic rings. The van der Waals surface area contributed by atoms with E-state index in [9.17, 15) is 14.4 Å². The van der Waals surface area contributed by atoms with Crippen molar-refractivity contribution >= 4 is 40.9 Å². The summed E-state index contributed by atoms with van der Waals surface area (Å²) in [5.41, 5.74) is 10.6. The molecular weight excluding hydrogens is 628 g/mol. The molecule has 0 aliphatic carbocycles. The molecule has 4 saturated heterocycles. The van der Waals surface area contributed by atoms with Crippen molar-refractivity contribution in [3.63, 3.8) is 0 Å². The number of fused-ring (bicyclic) bond motifs is 3. The summed E-state index contributed by atoms with van der Waals surface area (Å²) in [5, 5.41) is 6.60. The third kappa shape index (κ3) is 6.56. The van der Waals surface area contributed by atoms with Crippen molar-refractivity contribution in [2.45, 2.75) is 88.6 Å². The van der Waals surface area contributed by atoms with Crippen LogP contribution in [0, 0.1) is 0 Å². The average molecular weight is 677 g/mol. The van der Waals surface area contributed by atoms with Gasteiger partial charge in [0, 0.05) is 82.1 Å². The first-order chi connectivity index (χ1) is 23.2. The summed E-state index contributed by atoms with van der Waals surface area (Å²) >= 11 is 6.51. The molecule has 5 amide bonds. The van der Waals surface area contributed by atoms with Crippen LogP contribution in [0.4, 0.5) is 21.0 Å². The molecule has 7 rings (SSSR count). The van der Waals surface area contributed by atoms with Crippen LogP contribution in [0.25, 0.3) is 0 Å². The van der Waals surface area contributed by atoms with Gasteiger partial charge in [0.05, 0.1) is 10.7 Å². The van der Waals surface area contributed by atoms with Gasteiger partial charge in [-0.3, -0.25) is 9.69 Å². The van der Waals surface area contributed by atoms with Gasteiger partial charge in [-0.1, -0.05) is 42.8 Å². The molecule has 5 heterocycles. The molecule has 2 aromatic carbocycles. The Labute approximate surface area is 288 Å². The third-order valence-corrected chi connectivity index (χ3v) is 11.9. The number of nitrogens with one attached hydrogen (secondary N) is 2. The summed E-state index contributed by atoms with van der Waals surface area (Å²) < 4.78 is 0. The number of hydrogen-bond acceptors (Lipinski definition) is 6. The summed E-state index contributed by atoms with van der Waals surface area (Å²) in [4.78, 5) is 51.6. The van der Waals surface area contributed by atoms with Gasteiger partial charge in [-0.15, -0.1) is 0 Å². The van der Waals surface area contributed by atoms with E-state index in [4.69, 9.17) is 17.3 Å². The summed E-state index contributed by atoms with van der Waals surface area (Å²) in [6.45, 7) is 7.25. The lowest BCUT2D eigenvalue weighted by molar-refractivity contribution is -0.135. The maximum Gasteiger partial charge on any atom is 0.322 e. The second kappa shape index (κ2) is 13.8. The number of urea groups is 2. The van der Waals surface area contributed by atoms with Gasteiger partial charge in [0.15, 0.2) is 0 Å². The second-order valence-corrected chi connectivity index (χ2v) is 14.8. The Morgan fingerprint density at radius 2 is 1.69 bits per heavy atom. The van der Waals surface area contributed by atoms with Crippen LogP contribution in [0.15, 0.2) is 36.4 Å². The molecule has 2 bridgehead atoms. The minimum atomic E-state index is -0.725. The maximum absolute atomic E-state index is 14.2. The summed E-state index contributed by atoms with van der Waals surface area (Å²) in [7, 11) is 2.23. The average Bonchev–Trinajstić information content (AvgIpc) is 3.69. The third-order valence-electron chi connectivity index (χ3n) is 11.5. The number of rotatable bonds is 7. The fraction of sp³-hybridized carbons (Fsp3) is 0.583. The van der Waals surface area contributed by atoms with Gasteiger partial charge in [0.25, 0.3) is 0 Å². The van der Waals surface area contributed by atoms with Crippen LogP contribution in [0.5, 0.6) is 0 Å². The molecule has 0 aromatic heterocycles. The van der Waals surface area contributed by atoms with E-state index in [1.807, 2.05) is 53.1 Å². The van der Waals surface area contributed by atoms with Crippen molar-refractivity contribution in [2.75, 3.05) is 57.4 Å². The van der Waals surface area contributed by atoms with Gasteiger partial charge in [-0.2, -0.15) is 0 Å².